The summed E-state index contributed by atoms with van der Waals surface area (Å²) in [5, 5.41) is 2.24. The van der Waals surface area contributed by atoms with Gasteiger partial charge in [0.05, 0.1) is 18.1 Å². The zero-order chi connectivity index (χ0) is 39.7. The van der Waals surface area contributed by atoms with E-state index < -0.39 is 5.41 Å². The largest absolute Gasteiger partial charge is 0.510 e. The molecule has 7 heteroatoms. The maximum absolute atomic E-state index is 6.79. The van der Waals surface area contributed by atoms with Gasteiger partial charge in [0.2, 0.25) is 6.33 Å². The zero-order valence-electron chi connectivity index (χ0n) is 34.0. The van der Waals surface area contributed by atoms with E-state index >= 15 is 0 Å². The number of aromatic nitrogens is 4. The van der Waals surface area contributed by atoms with Crippen molar-refractivity contribution in [1.29, 1.82) is 0 Å². The molecule has 5 heterocycles. The topological polar surface area (TPSA) is 35.9 Å². The van der Waals surface area contributed by atoms with Gasteiger partial charge in [-0.3, -0.25) is 0 Å². The van der Waals surface area contributed by atoms with Crippen LogP contribution in [0.1, 0.15) is 74.9 Å². The Morgan fingerprint density at radius 1 is 0.661 bits per heavy atom. The van der Waals surface area contributed by atoms with Crippen LogP contribution in [0.3, 0.4) is 0 Å². The van der Waals surface area contributed by atoms with Crippen molar-refractivity contribution in [3.8, 4) is 23.0 Å². The van der Waals surface area contributed by atoms with Crippen LogP contribution < -0.4 is 9.30 Å². The van der Waals surface area contributed by atoms with Crippen molar-refractivity contribution in [3.05, 3.63) is 179 Å². The van der Waals surface area contributed by atoms with Gasteiger partial charge < -0.3 is 18.4 Å². The fraction of sp³-hybridized carbons (Fsp3) is 0.192. The van der Waals surface area contributed by atoms with E-state index in [9.17, 15) is 0 Å². The molecule has 0 saturated heterocycles. The summed E-state index contributed by atoms with van der Waals surface area (Å²) >= 11 is 1.88. The summed E-state index contributed by atoms with van der Waals surface area (Å²) in [6, 6.07) is 51.4. The van der Waals surface area contributed by atoms with Crippen molar-refractivity contribution >= 4 is 44.6 Å². The number of hydrogen-bond acceptors (Lipinski definition) is 3. The maximum Gasteiger partial charge on any atom is 0.242 e. The van der Waals surface area contributed by atoms with Crippen molar-refractivity contribution in [3.63, 3.8) is 0 Å². The number of rotatable bonds is 3. The maximum atomic E-state index is 6.79. The van der Waals surface area contributed by atoms with Crippen LogP contribution in [-0.2, 0) is 44.4 Å². The Hall–Kier alpha value is -5.42. The molecule has 1 spiro atoms. The van der Waals surface area contributed by atoms with Crippen molar-refractivity contribution in [2.24, 2.45) is 7.05 Å². The van der Waals surface area contributed by atoms with Gasteiger partial charge in [0.15, 0.2) is 0 Å². The second-order valence-corrected chi connectivity index (χ2v) is 18.8. The van der Waals surface area contributed by atoms with Crippen molar-refractivity contribution in [1.82, 2.24) is 14.1 Å². The van der Waals surface area contributed by atoms with Crippen LogP contribution in [0.4, 0.5) is 0 Å². The molecule has 0 saturated carbocycles. The number of aryl methyl sites for hydroxylation is 1. The number of ether oxygens (including phenoxy) is 1. The molecule has 0 atom stereocenters. The second kappa shape index (κ2) is 13.3. The Morgan fingerprint density at radius 3 is 2.03 bits per heavy atom. The number of nitrogens with zero attached hydrogens (tertiary/aromatic N) is 4. The molecular formula is C52H42N4OPtS-2. The van der Waals surface area contributed by atoms with E-state index in [1.54, 1.807) is 0 Å². The summed E-state index contributed by atoms with van der Waals surface area (Å²) in [7, 11) is 2.08. The third-order valence-electron chi connectivity index (χ3n) is 12.2. The van der Waals surface area contributed by atoms with Crippen LogP contribution in [0.5, 0.6) is 11.5 Å². The van der Waals surface area contributed by atoms with Crippen molar-refractivity contribution in [2.45, 2.75) is 67.6 Å². The van der Waals surface area contributed by atoms with Crippen LogP contribution in [0.25, 0.3) is 44.3 Å². The molecule has 2 aliphatic rings. The fourth-order valence-electron chi connectivity index (χ4n) is 9.28. The van der Waals surface area contributed by atoms with E-state index in [1.165, 1.54) is 37.6 Å². The molecule has 0 radical (unpaired) electrons. The molecule has 3 aromatic heterocycles. The Bertz CT molecular complexity index is 3100. The first-order valence-corrected chi connectivity index (χ1v) is 20.8. The van der Waals surface area contributed by atoms with Gasteiger partial charge in [-0.05, 0) is 74.4 Å². The third-order valence-corrected chi connectivity index (χ3v) is 13.3. The van der Waals surface area contributed by atoms with E-state index in [4.69, 9.17) is 9.72 Å². The van der Waals surface area contributed by atoms with Gasteiger partial charge in [-0.15, -0.1) is 35.2 Å². The van der Waals surface area contributed by atoms with E-state index in [2.05, 4.69) is 178 Å². The van der Waals surface area contributed by atoms with Gasteiger partial charge in [-0.2, -0.15) is 12.1 Å². The SMILES string of the molecule is C[n+]1[c-]n2c3c(cccc31)C1(c3ccc(Oc4[c-]c5c(cc4)c4ccccc4n5-c4ccccn4)[c-]c3-2)c2cc(C(C)(C)C)ccc2Sc2ccc(C(C)(C)C)cc21.[Pt]. The van der Waals surface area contributed by atoms with Gasteiger partial charge in [-0.25, -0.2) is 4.98 Å². The summed E-state index contributed by atoms with van der Waals surface area (Å²) < 4.78 is 13.3. The number of para-hydroxylation sites is 2. The van der Waals surface area contributed by atoms with Gasteiger partial charge in [0.1, 0.15) is 5.82 Å². The van der Waals surface area contributed by atoms with Crippen LogP contribution in [0.15, 0.2) is 137 Å². The van der Waals surface area contributed by atoms with E-state index in [0.29, 0.717) is 11.5 Å². The minimum Gasteiger partial charge on any atom is -0.510 e. The van der Waals surface area contributed by atoms with Crippen LogP contribution in [0.2, 0.25) is 0 Å². The first-order valence-electron chi connectivity index (χ1n) is 19.9. The Labute approximate surface area is 364 Å². The summed E-state index contributed by atoms with van der Waals surface area (Å²) in [5.41, 5.74) is 12.1. The number of benzene rings is 6. The number of pyridine rings is 1. The number of fused-ring (bicyclic) bond motifs is 11. The van der Waals surface area contributed by atoms with Gasteiger partial charge in [0, 0.05) is 59.5 Å². The summed E-state index contributed by atoms with van der Waals surface area (Å²) in [5.74, 6) is 2.05. The molecule has 9 aromatic rings. The first kappa shape index (κ1) is 37.8. The van der Waals surface area contributed by atoms with Gasteiger partial charge in [-0.1, -0.05) is 131 Å². The number of imidazole rings is 1. The minimum absolute atomic E-state index is 0. The van der Waals surface area contributed by atoms with Gasteiger partial charge in [0.25, 0.3) is 0 Å². The normalized spacial score (nSPS) is 13.9. The molecule has 0 amide bonds. The predicted octanol–water partition coefficient (Wildman–Crippen LogP) is 11.9. The number of hydrogen-bond donors (Lipinski definition) is 0. The molecule has 0 unspecified atom stereocenters. The standard InChI is InChI=1S/C52H42N4OS.Pt/c1-50(2,3)32-18-24-46-40(27-32)52(41-28-33(51(4,5)6)19-25-47(41)58-46)38-23-21-35(30-45(38)55-31-54(7)43-16-12-14-39(52)49(43)55)57-34-20-22-37-36-13-8-9-15-42(36)56(44(37)29-34)48-17-10-11-26-53-48;/h8-28H,1-7H3;/q-2;. The quantitative estimate of drug-likeness (QED) is 0.131. The summed E-state index contributed by atoms with van der Waals surface area (Å²) in [6.45, 7) is 13.8. The van der Waals surface area contributed by atoms with Gasteiger partial charge >= 0.3 is 0 Å². The van der Waals surface area contributed by atoms with Crippen LogP contribution >= 0.6 is 11.8 Å². The molecule has 0 bridgehead atoms. The molecule has 0 fully saturated rings. The fourth-order valence-corrected chi connectivity index (χ4v) is 10.4. The van der Waals surface area contributed by atoms with Crippen molar-refractivity contribution in [2.75, 3.05) is 0 Å². The Kier molecular flexibility index (Phi) is 8.52. The molecular weight excluding hydrogens is 924 g/mol. The van der Waals surface area contributed by atoms with Crippen LogP contribution in [0, 0.1) is 18.5 Å². The first-order chi connectivity index (χ1) is 27.9. The van der Waals surface area contributed by atoms with E-state index in [0.717, 1.165) is 49.9 Å². The second-order valence-electron chi connectivity index (χ2n) is 17.8. The zero-order valence-corrected chi connectivity index (χ0v) is 37.1. The smallest absolute Gasteiger partial charge is 0.242 e. The van der Waals surface area contributed by atoms with Crippen molar-refractivity contribution < 1.29 is 30.4 Å². The predicted molar refractivity (Wildman–Crippen MR) is 233 cm³/mol. The molecule has 59 heavy (non-hydrogen) atoms. The molecule has 2 aliphatic heterocycles. The third kappa shape index (κ3) is 5.56. The molecule has 294 valence electrons. The Morgan fingerprint density at radius 2 is 1.34 bits per heavy atom. The van der Waals surface area contributed by atoms with E-state index in [-0.39, 0.29) is 31.9 Å². The molecule has 0 N–H and O–H groups in total. The van der Waals surface area contributed by atoms with E-state index in [1.807, 2.05) is 42.2 Å². The molecule has 6 aromatic carbocycles. The average molecular weight is 966 g/mol. The summed E-state index contributed by atoms with van der Waals surface area (Å²) in [4.78, 5) is 7.26. The monoisotopic (exact) mass is 965 g/mol. The Balaban J connectivity index is 0.00000420. The molecule has 0 aliphatic carbocycles. The van der Waals surface area contributed by atoms with Crippen LogP contribution in [-0.4, -0.2) is 14.1 Å². The molecule has 5 nitrogen and oxygen atoms in total. The minimum atomic E-state index is -0.633. The molecule has 11 rings (SSSR count). The summed E-state index contributed by atoms with van der Waals surface area (Å²) in [6.07, 6.45) is 5.50. The average Bonchev–Trinajstić information content (AvgIpc) is 3.73.